The second-order valence-electron chi connectivity index (χ2n) is 3.95. The smallest absolute Gasteiger partial charge is 0.370 e. The molecule has 8 heteroatoms. The van der Waals surface area contributed by atoms with Crippen LogP contribution in [0.4, 0.5) is 23.7 Å². The normalized spacial score (nSPS) is 11.2. The molecule has 0 saturated heterocycles. The van der Waals surface area contributed by atoms with E-state index in [9.17, 15) is 18.0 Å². The molecule has 0 saturated carbocycles. The van der Waals surface area contributed by atoms with Crippen LogP contribution in [0.25, 0.3) is 0 Å². The average Bonchev–Trinajstić information content (AvgIpc) is 2.38. The molecule has 0 fully saturated rings. The molecule has 0 unspecified atom stereocenters. The van der Waals surface area contributed by atoms with Gasteiger partial charge in [-0.25, -0.2) is 4.79 Å². The number of nitrogens with two attached hydrogens (primary N) is 1. The molecule has 5 nitrogen and oxygen atoms in total. The van der Waals surface area contributed by atoms with Gasteiger partial charge in [0, 0.05) is 18.8 Å². The molecule has 0 spiro atoms. The Balaban J connectivity index is 2.19. The summed E-state index contributed by atoms with van der Waals surface area (Å²) in [5.74, 6) is 0. The van der Waals surface area contributed by atoms with E-state index in [2.05, 4.69) is 15.4 Å². The number of alkyl halides is 3. The van der Waals surface area contributed by atoms with Crippen molar-refractivity contribution in [3.8, 4) is 0 Å². The molecule has 0 heterocycles. The van der Waals surface area contributed by atoms with Crippen LogP contribution in [0.3, 0.4) is 0 Å². The fourth-order valence-corrected chi connectivity index (χ4v) is 1.32. The monoisotopic (exact) mass is 291 g/mol. The summed E-state index contributed by atoms with van der Waals surface area (Å²) in [6.07, 6.45) is -4.35. The van der Waals surface area contributed by atoms with Gasteiger partial charge in [-0.3, -0.25) is 0 Å². The quantitative estimate of drug-likeness (QED) is 0.700. The van der Waals surface area contributed by atoms with E-state index in [1.54, 1.807) is 24.3 Å². The lowest BCUT2D eigenvalue weighted by Crippen LogP contribution is -2.32. The number of carbonyl (C=O) groups excluding carboxylic acids is 1. The van der Waals surface area contributed by atoms with Gasteiger partial charge in [-0.2, -0.15) is 13.2 Å². The second-order valence-corrected chi connectivity index (χ2v) is 3.95. The minimum atomic E-state index is -4.35. The topological polar surface area (TPSA) is 76.4 Å². The first-order valence-corrected chi connectivity index (χ1v) is 5.89. The molecular formula is C12H16F3N3O2. The minimum Gasteiger partial charge on any atom is -0.370 e. The number of benzene rings is 1. The van der Waals surface area contributed by atoms with Crippen molar-refractivity contribution in [1.29, 1.82) is 0 Å². The number of hydrogen-bond donors (Lipinski definition) is 3. The van der Waals surface area contributed by atoms with Crippen molar-refractivity contribution in [2.24, 2.45) is 5.73 Å². The third-order valence-electron chi connectivity index (χ3n) is 2.25. The van der Waals surface area contributed by atoms with Crippen LogP contribution in [0.1, 0.15) is 5.56 Å². The highest BCUT2D eigenvalue weighted by atomic mass is 19.4. The van der Waals surface area contributed by atoms with E-state index in [1.165, 1.54) is 0 Å². The number of halogens is 3. The van der Waals surface area contributed by atoms with Crippen molar-refractivity contribution >= 4 is 11.7 Å². The highest BCUT2D eigenvalue weighted by molar-refractivity contribution is 5.89. The van der Waals surface area contributed by atoms with Crippen molar-refractivity contribution in [2.45, 2.75) is 12.7 Å². The molecule has 0 bridgehead atoms. The minimum absolute atomic E-state index is 0.0111. The first kappa shape index (κ1) is 16.3. The van der Waals surface area contributed by atoms with Crippen LogP contribution in [-0.4, -0.2) is 32.0 Å². The van der Waals surface area contributed by atoms with Crippen LogP contribution in [0.15, 0.2) is 24.3 Å². The molecule has 1 aromatic rings. The summed E-state index contributed by atoms with van der Waals surface area (Å²) < 4.78 is 39.6. The van der Waals surface area contributed by atoms with Crippen LogP contribution in [0.2, 0.25) is 0 Å². The van der Waals surface area contributed by atoms with Gasteiger partial charge in [-0.15, -0.1) is 0 Å². The van der Waals surface area contributed by atoms with Crippen LogP contribution in [-0.2, 0) is 11.3 Å². The number of ether oxygens (including phenoxy) is 1. The Morgan fingerprint density at radius 3 is 2.45 bits per heavy atom. The molecule has 1 rings (SSSR count). The van der Waals surface area contributed by atoms with E-state index in [-0.39, 0.29) is 13.2 Å². The maximum atomic E-state index is 11.8. The Morgan fingerprint density at radius 2 is 1.90 bits per heavy atom. The van der Waals surface area contributed by atoms with Crippen molar-refractivity contribution in [3.63, 3.8) is 0 Å². The van der Waals surface area contributed by atoms with Gasteiger partial charge in [0.05, 0.1) is 6.61 Å². The van der Waals surface area contributed by atoms with Gasteiger partial charge >= 0.3 is 12.2 Å². The van der Waals surface area contributed by atoms with Gasteiger partial charge in [-0.1, -0.05) is 12.1 Å². The van der Waals surface area contributed by atoms with Crippen LogP contribution in [0, 0.1) is 0 Å². The van der Waals surface area contributed by atoms with Crippen molar-refractivity contribution in [2.75, 3.05) is 25.1 Å². The number of anilines is 1. The zero-order valence-electron chi connectivity index (χ0n) is 10.7. The van der Waals surface area contributed by atoms with Gasteiger partial charge < -0.3 is 21.1 Å². The van der Waals surface area contributed by atoms with Gasteiger partial charge in [0.1, 0.15) is 6.61 Å². The highest BCUT2D eigenvalue weighted by Crippen LogP contribution is 2.14. The van der Waals surface area contributed by atoms with E-state index in [4.69, 9.17) is 5.73 Å². The summed E-state index contributed by atoms with van der Waals surface area (Å²) in [6.45, 7) is -1.14. The molecule has 112 valence electrons. The molecule has 1 aromatic carbocycles. The summed E-state index contributed by atoms with van der Waals surface area (Å²) in [5, 5.41) is 4.91. The fraction of sp³-hybridized carbons (Fsp3) is 0.417. The molecule has 2 amide bonds. The molecule has 20 heavy (non-hydrogen) atoms. The molecule has 0 atom stereocenters. The maximum absolute atomic E-state index is 11.8. The maximum Gasteiger partial charge on any atom is 0.411 e. The van der Waals surface area contributed by atoms with Gasteiger partial charge in [0.25, 0.3) is 0 Å². The summed E-state index contributed by atoms with van der Waals surface area (Å²) in [5.41, 5.74) is 6.93. The zero-order valence-corrected chi connectivity index (χ0v) is 10.7. The standard InChI is InChI=1S/C12H16F3N3O2/c13-12(14,15)8-20-6-5-17-11(19)18-10-3-1-9(7-16)2-4-10/h1-4H,5-8,16H2,(H2,17,18,19). The number of amides is 2. The fourth-order valence-electron chi connectivity index (χ4n) is 1.32. The van der Waals surface area contributed by atoms with E-state index in [0.29, 0.717) is 12.2 Å². The Labute approximate surface area is 114 Å². The largest absolute Gasteiger partial charge is 0.411 e. The molecule has 0 aliphatic rings. The number of nitrogens with one attached hydrogen (secondary N) is 2. The predicted octanol–water partition coefficient (Wildman–Crippen LogP) is 1.85. The average molecular weight is 291 g/mol. The van der Waals surface area contributed by atoms with E-state index in [0.717, 1.165) is 5.56 Å². The number of rotatable bonds is 6. The van der Waals surface area contributed by atoms with Gasteiger partial charge in [-0.05, 0) is 17.7 Å². The lowest BCUT2D eigenvalue weighted by atomic mass is 10.2. The molecule has 0 aromatic heterocycles. The Hall–Kier alpha value is -1.80. The molecule has 0 radical (unpaired) electrons. The third-order valence-corrected chi connectivity index (χ3v) is 2.25. The molecule has 4 N–H and O–H groups in total. The number of urea groups is 1. The lowest BCUT2D eigenvalue weighted by Gasteiger charge is -2.09. The first-order valence-electron chi connectivity index (χ1n) is 5.89. The third kappa shape index (κ3) is 6.95. The van der Waals surface area contributed by atoms with Crippen LogP contribution >= 0.6 is 0 Å². The summed E-state index contributed by atoms with van der Waals surface area (Å²) in [6, 6.07) is 6.38. The van der Waals surface area contributed by atoms with Crippen molar-refractivity contribution in [3.05, 3.63) is 29.8 Å². The van der Waals surface area contributed by atoms with E-state index >= 15 is 0 Å². The number of carbonyl (C=O) groups is 1. The summed E-state index contributed by atoms with van der Waals surface area (Å²) >= 11 is 0. The lowest BCUT2D eigenvalue weighted by molar-refractivity contribution is -0.173. The van der Waals surface area contributed by atoms with Crippen molar-refractivity contribution in [1.82, 2.24) is 5.32 Å². The summed E-state index contributed by atoms with van der Waals surface area (Å²) in [7, 11) is 0. The second kappa shape index (κ2) is 7.71. The first-order chi connectivity index (χ1) is 9.40. The molecule has 0 aliphatic heterocycles. The van der Waals surface area contributed by atoms with Crippen molar-refractivity contribution < 1.29 is 22.7 Å². The molecule has 0 aliphatic carbocycles. The zero-order chi connectivity index (χ0) is 15.0. The van der Waals surface area contributed by atoms with Crippen LogP contribution in [0.5, 0.6) is 0 Å². The predicted molar refractivity (Wildman–Crippen MR) is 68.2 cm³/mol. The SMILES string of the molecule is NCc1ccc(NC(=O)NCCOCC(F)(F)F)cc1. The Morgan fingerprint density at radius 1 is 1.25 bits per heavy atom. The summed E-state index contributed by atoms with van der Waals surface area (Å²) in [4.78, 5) is 11.4. The highest BCUT2D eigenvalue weighted by Gasteiger charge is 2.27. The van der Waals surface area contributed by atoms with Crippen LogP contribution < -0.4 is 16.4 Å². The van der Waals surface area contributed by atoms with E-state index < -0.39 is 18.8 Å². The Kier molecular flexibility index (Phi) is 6.26. The molecular weight excluding hydrogens is 275 g/mol. The van der Waals surface area contributed by atoms with Gasteiger partial charge in [0.15, 0.2) is 0 Å². The Bertz CT molecular complexity index is 421. The number of hydrogen-bond acceptors (Lipinski definition) is 3. The van der Waals surface area contributed by atoms with E-state index in [1.807, 2.05) is 0 Å². The van der Waals surface area contributed by atoms with Gasteiger partial charge in [0.2, 0.25) is 0 Å².